The molecule has 0 bridgehead atoms. The Morgan fingerprint density at radius 2 is 2.09 bits per heavy atom. The van der Waals surface area contributed by atoms with Gasteiger partial charge in [-0.25, -0.2) is 0 Å². The Morgan fingerprint density at radius 3 is 2.73 bits per heavy atom. The van der Waals surface area contributed by atoms with E-state index in [0.717, 1.165) is 33.5 Å². The molecule has 0 saturated carbocycles. The first-order chi connectivity index (χ1) is 10.8. The number of anilines is 1. The van der Waals surface area contributed by atoms with Crippen molar-refractivity contribution in [3.8, 4) is 11.3 Å². The van der Waals surface area contributed by atoms with Crippen molar-refractivity contribution in [1.82, 2.24) is 15.2 Å². The molecule has 6 nitrogen and oxygen atoms in total. The average Bonchev–Trinajstić information content (AvgIpc) is 3.06. The van der Waals surface area contributed by atoms with E-state index in [1.165, 1.54) is 12.4 Å². The number of nitrogens with two attached hydrogens (primary N) is 1. The Balaban J connectivity index is 2.18. The van der Waals surface area contributed by atoms with E-state index < -0.39 is 0 Å². The molecule has 22 heavy (non-hydrogen) atoms. The highest BCUT2D eigenvalue weighted by Crippen LogP contribution is 2.31. The van der Waals surface area contributed by atoms with Gasteiger partial charge >= 0.3 is 0 Å². The molecule has 0 fully saturated rings. The number of rotatable bonds is 4. The van der Waals surface area contributed by atoms with Gasteiger partial charge in [-0.1, -0.05) is 6.07 Å². The molecule has 5 N–H and O–H groups in total. The summed E-state index contributed by atoms with van der Waals surface area (Å²) in [6.07, 6.45) is 4.56. The smallest absolute Gasteiger partial charge is 0.148 e. The van der Waals surface area contributed by atoms with Crippen LogP contribution in [0.3, 0.4) is 0 Å². The highest BCUT2D eigenvalue weighted by Gasteiger charge is 2.12. The average molecular weight is 292 g/mol. The number of hydrogen-bond donors (Lipinski definition) is 4. The Bertz CT molecular complexity index is 845. The zero-order valence-corrected chi connectivity index (χ0v) is 12.1. The Morgan fingerprint density at radius 1 is 1.23 bits per heavy atom. The van der Waals surface area contributed by atoms with E-state index in [9.17, 15) is 0 Å². The second kappa shape index (κ2) is 5.69. The minimum absolute atomic E-state index is 0.674. The number of fused-ring (bicyclic) bond motifs is 1. The van der Waals surface area contributed by atoms with E-state index in [-0.39, 0.29) is 0 Å². The minimum atomic E-state index is 0.674. The quantitative estimate of drug-likeness (QED) is 0.555. The van der Waals surface area contributed by atoms with Crippen LogP contribution in [-0.4, -0.2) is 28.4 Å². The van der Waals surface area contributed by atoms with Crippen molar-refractivity contribution in [2.75, 3.05) is 12.4 Å². The number of H-pyrrole nitrogens is 1. The number of benzene rings is 1. The molecule has 0 amide bonds. The molecular weight excluding hydrogens is 276 g/mol. The summed E-state index contributed by atoms with van der Waals surface area (Å²) < 4.78 is 0. The first-order valence-electron chi connectivity index (χ1n) is 6.83. The van der Waals surface area contributed by atoms with Crippen LogP contribution in [0.5, 0.6) is 0 Å². The molecule has 0 atom stereocenters. The maximum Gasteiger partial charge on any atom is 0.148 e. The van der Waals surface area contributed by atoms with Crippen molar-refractivity contribution in [1.29, 1.82) is 5.41 Å². The van der Waals surface area contributed by atoms with E-state index in [4.69, 9.17) is 11.1 Å². The first-order valence-corrected chi connectivity index (χ1v) is 6.83. The zero-order chi connectivity index (χ0) is 15.5. The number of nitrogens with zero attached hydrogens (tertiary/aromatic N) is 2. The van der Waals surface area contributed by atoms with Crippen LogP contribution >= 0.6 is 0 Å². The van der Waals surface area contributed by atoms with Crippen LogP contribution in [-0.2, 0) is 0 Å². The molecule has 2 aromatic heterocycles. The van der Waals surface area contributed by atoms with E-state index in [1.807, 2.05) is 36.5 Å². The van der Waals surface area contributed by atoms with Crippen molar-refractivity contribution in [3.05, 3.63) is 48.3 Å². The van der Waals surface area contributed by atoms with Crippen molar-refractivity contribution in [3.63, 3.8) is 0 Å². The maximum atomic E-state index is 7.48. The Labute approximate surface area is 127 Å². The van der Waals surface area contributed by atoms with Gasteiger partial charge in [0.15, 0.2) is 0 Å². The molecular formula is C16H16N6. The van der Waals surface area contributed by atoms with Crippen LogP contribution in [0.2, 0.25) is 0 Å². The van der Waals surface area contributed by atoms with Gasteiger partial charge in [0.1, 0.15) is 5.82 Å². The predicted octanol–water partition coefficient (Wildman–Crippen LogP) is 2.62. The van der Waals surface area contributed by atoms with Crippen LogP contribution in [0.1, 0.15) is 5.56 Å². The van der Waals surface area contributed by atoms with Gasteiger partial charge in [-0.2, -0.15) is 0 Å². The number of hydrogen-bond acceptors (Lipinski definition) is 5. The van der Waals surface area contributed by atoms with Crippen LogP contribution in [0.15, 0.2) is 42.7 Å². The van der Waals surface area contributed by atoms with Gasteiger partial charge in [0.25, 0.3) is 0 Å². The molecule has 0 aliphatic heterocycles. The number of aromatic nitrogens is 3. The number of allylic oxidation sites excluding steroid dienone is 1. The summed E-state index contributed by atoms with van der Waals surface area (Å²) in [4.78, 5) is 3.23. The molecule has 3 aromatic rings. The summed E-state index contributed by atoms with van der Waals surface area (Å²) in [6, 6.07) is 9.68. The Hall–Kier alpha value is -3.15. The lowest BCUT2D eigenvalue weighted by Crippen LogP contribution is -1.96. The van der Waals surface area contributed by atoms with Crippen LogP contribution in [0, 0.1) is 5.41 Å². The summed E-state index contributed by atoms with van der Waals surface area (Å²) in [5, 5.41) is 19.8. The molecule has 0 aliphatic carbocycles. The van der Waals surface area contributed by atoms with Crippen molar-refractivity contribution in [2.24, 2.45) is 5.73 Å². The molecule has 0 radical (unpaired) electrons. The number of aromatic amines is 1. The molecule has 110 valence electrons. The molecule has 6 heteroatoms. The molecule has 3 rings (SSSR count). The van der Waals surface area contributed by atoms with E-state index >= 15 is 0 Å². The third-order valence-corrected chi connectivity index (χ3v) is 3.57. The van der Waals surface area contributed by atoms with E-state index in [2.05, 4.69) is 20.5 Å². The molecule has 2 heterocycles. The van der Waals surface area contributed by atoms with Gasteiger partial charge < -0.3 is 21.4 Å². The third-order valence-electron chi connectivity index (χ3n) is 3.57. The van der Waals surface area contributed by atoms with Crippen LogP contribution in [0.4, 0.5) is 5.82 Å². The van der Waals surface area contributed by atoms with Crippen LogP contribution < -0.4 is 11.1 Å². The zero-order valence-electron chi connectivity index (χ0n) is 12.1. The largest absolute Gasteiger partial charge is 0.404 e. The van der Waals surface area contributed by atoms with Gasteiger partial charge in [0.05, 0.1) is 11.2 Å². The second-order valence-electron chi connectivity index (χ2n) is 4.75. The fourth-order valence-corrected chi connectivity index (χ4v) is 2.45. The van der Waals surface area contributed by atoms with Gasteiger partial charge in [0.2, 0.25) is 0 Å². The molecule has 0 aliphatic rings. The van der Waals surface area contributed by atoms with E-state index in [0.29, 0.717) is 5.57 Å². The number of nitrogens with one attached hydrogen (secondary N) is 3. The maximum absolute atomic E-state index is 7.48. The lowest BCUT2D eigenvalue weighted by atomic mass is 9.99. The SMILES string of the molecule is CNc1ccc(-c2ccc(C(C=N)=CN)c3cc[nH]c23)nn1. The third kappa shape index (κ3) is 2.20. The van der Waals surface area contributed by atoms with Gasteiger partial charge in [-0.3, -0.25) is 0 Å². The van der Waals surface area contributed by atoms with Crippen molar-refractivity contribution < 1.29 is 0 Å². The topological polar surface area (TPSA) is 103 Å². The van der Waals surface area contributed by atoms with Gasteiger partial charge in [-0.05, 0) is 29.8 Å². The standard InChI is InChI=1S/C16H16N6/c1-19-15-5-4-14(21-22-15)13-3-2-11(10(8-17)9-18)12-6-7-20-16(12)13/h2-9,17,20H,18H2,1H3,(H,19,22). The monoisotopic (exact) mass is 292 g/mol. The fraction of sp³-hybridized carbons (Fsp3) is 0.0625. The highest BCUT2D eigenvalue weighted by atomic mass is 15.2. The lowest BCUT2D eigenvalue weighted by molar-refractivity contribution is 1.04. The highest BCUT2D eigenvalue weighted by molar-refractivity contribution is 6.14. The molecule has 0 saturated heterocycles. The summed E-state index contributed by atoms with van der Waals surface area (Å²) in [5.41, 5.74) is 9.88. The normalized spacial score (nSPS) is 11.6. The van der Waals surface area contributed by atoms with Crippen molar-refractivity contribution in [2.45, 2.75) is 0 Å². The predicted molar refractivity (Wildman–Crippen MR) is 89.8 cm³/mol. The lowest BCUT2D eigenvalue weighted by Gasteiger charge is -2.08. The van der Waals surface area contributed by atoms with Gasteiger partial charge in [0, 0.05) is 42.2 Å². The molecule has 0 unspecified atom stereocenters. The Kier molecular flexibility index (Phi) is 3.57. The summed E-state index contributed by atoms with van der Waals surface area (Å²) >= 11 is 0. The summed E-state index contributed by atoms with van der Waals surface area (Å²) in [5.74, 6) is 0.722. The first kappa shape index (κ1) is 13.8. The minimum Gasteiger partial charge on any atom is -0.404 e. The van der Waals surface area contributed by atoms with Crippen LogP contribution in [0.25, 0.3) is 27.7 Å². The van der Waals surface area contributed by atoms with Gasteiger partial charge in [-0.15, -0.1) is 10.2 Å². The molecule has 1 aromatic carbocycles. The van der Waals surface area contributed by atoms with Crippen molar-refractivity contribution >= 4 is 28.5 Å². The fourth-order valence-electron chi connectivity index (χ4n) is 2.45. The molecule has 0 spiro atoms. The van der Waals surface area contributed by atoms with E-state index in [1.54, 1.807) is 7.05 Å². The second-order valence-corrected chi connectivity index (χ2v) is 4.75. The summed E-state index contributed by atoms with van der Waals surface area (Å²) in [6.45, 7) is 0. The summed E-state index contributed by atoms with van der Waals surface area (Å²) in [7, 11) is 1.81.